The van der Waals surface area contributed by atoms with Crippen molar-refractivity contribution >= 4 is 11.6 Å². The molecule has 1 fully saturated rings. The molecule has 1 aliphatic carbocycles. The summed E-state index contributed by atoms with van der Waals surface area (Å²) in [5.41, 5.74) is 2.53. The number of benzene rings is 1. The molecule has 1 aliphatic rings. The number of hydrogen-bond acceptors (Lipinski definition) is 0. The fraction of sp³-hybridized carbons (Fsp3) is 0.571. The average Bonchev–Trinajstić information content (AvgIpc) is 2.73. The van der Waals surface area contributed by atoms with Gasteiger partial charge < -0.3 is 0 Å². The van der Waals surface area contributed by atoms with Crippen molar-refractivity contribution in [1.82, 2.24) is 0 Å². The minimum atomic E-state index is -0.136. The van der Waals surface area contributed by atoms with Gasteiger partial charge in [-0.25, -0.2) is 4.39 Å². The van der Waals surface area contributed by atoms with Crippen molar-refractivity contribution in [2.45, 2.75) is 39.0 Å². The Kier molecular flexibility index (Phi) is 3.53. The summed E-state index contributed by atoms with van der Waals surface area (Å²) in [4.78, 5) is 0. The maximum absolute atomic E-state index is 13.2. The van der Waals surface area contributed by atoms with Gasteiger partial charge >= 0.3 is 0 Å². The van der Waals surface area contributed by atoms with Crippen molar-refractivity contribution < 1.29 is 4.39 Å². The van der Waals surface area contributed by atoms with Crippen LogP contribution in [0.15, 0.2) is 18.2 Å². The van der Waals surface area contributed by atoms with Crippen molar-refractivity contribution in [2.75, 3.05) is 5.88 Å². The van der Waals surface area contributed by atoms with Crippen LogP contribution in [0.2, 0.25) is 0 Å². The van der Waals surface area contributed by atoms with Crippen LogP contribution in [0.25, 0.3) is 0 Å². The quantitative estimate of drug-likeness (QED) is 0.684. The minimum Gasteiger partial charge on any atom is -0.207 e. The molecule has 0 nitrogen and oxygen atoms in total. The van der Waals surface area contributed by atoms with Crippen molar-refractivity contribution in [3.63, 3.8) is 0 Å². The highest BCUT2D eigenvalue weighted by Crippen LogP contribution is 2.42. The maximum atomic E-state index is 13.2. The molecule has 1 aromatic rings. The summed E-state index contributed by atoms with van der Waals surface area (Å²) >= 11 is 6.11. The summed E-state index contributed by atoms with van der Waals surface area (Å²) in [5, 5.41) is 0. The summed E-state index contributed by atoms with van der Waals surface area (Å²) in [6.45, 7) is 2.05. The van der Waals surface area contributed by atoms with Crippen LogP contribution in [-0.4, -0.2) is 5.88 Å². The topological polar surface area (TPSA) is 0 Å². The van der Waals surface area contributed by atoms with E-state index in [1.807, 2.05) is 13.0 Å². The third kappa shape index (κ3) is 2.40. The first kappa shape index (κ1) is 11.9. The zero-order valence-electron chi connectivity index (χ0n) is 9.73. The van der Waals surface area contributed by atoms with Crippen LogP contribution < -0.4 is 0 Å². The summed E-state index contributed by atoms with van der Waals surface area (Å²) in [6.07, 6.45) is 5.83. The first-order valence-corrected chi connectivity index (χ1v) is 6.50. The molecular formula is C14H18ClF. The van der Waals surface area contributed by atoms with Crippen molar-refractivity contribution in [3.05, 3.63) is 35.1 Å². The van der Waals surface area contributed by atoms with Gasteiger partial charge in [0.05, 0.1) is 0 Å². The maximum Gasteiger partial charge on any atom is 0.123 e. The molecule has 0 N–H and O–H groups in total. The summed E-state index contributed by atoms with van der Waals surface area (Å²) in [6, 6.07) is 5.06. The second-order valence-corrected chi connectivity index (χ2v) is 5.36. The van der Waals surface area contributed by atoms with E-state index in [1.54, 1.807) is 6.07 Å². The van der Waals surface area contributed by atoms with Gasteiger partial charge in [0, 0.05) is 5.88 Å². The Bertz CT molecular complexity index is 367. The molecular weight excluding hydrogens is 223 g/mol. The molecule has 1 saturated carbocycles. The van der Waals surface area contributed by atoms with E-state index in [9.17, 15) is 4.39 Å². The molecule has 16 heavy (non-hydrogen) atoms. The second-order valence-electron chi connectivity index (χ2n) is 5.09. The van der Waals surface area contributed by atoms with Gasteiger partial charge in [-0.3, -0.25) is 0 Å². The Balaban J connectivity index is 2.21. The Morgan fingerprint density at radius 3 is 2.62 bits per heavy atom. The first-order chi connectivity index (χ1) is 7.65. The van der Waals surface area contributed by atoms with Crippen LogP contribution in [-0.2, 0) is 6.42 Å². The average molecular weight is 241 g/mol. The lowest BCUT2D eigenvalue weighted by Gasteiger charge is -2.27. The van der Waals surface area contributed by atoms with Gasteiger partial charge in [-0.05, 0) is 54.9 Å². The molecule has 0 heterocycles. The van der Waals surface area contributed by atoms with Crippen LogP contribution >= 0.6 is 11.6 Å². The Hall–Kier alpha value is -0.560. The number of halogens is 2. The predicted molar refractivity (Wildman–Crippen MR) is 66.5 cm³/mol. The van der Waals surface area contributed by atoms with E-state index in [0.717, 1.165) is 12.0 Å². The molecule has 0 atom stereocenters. The second kappa shape index (κ2) is 4.75. The Morgan fingerprint density at radius 1 is 1.31 bits per heavy atom. The van der Waals surface area contributed by atoms with Gasteiger partial charge in [-0.15, -0.1) is 11.6 Å². The molecule has 0 amide bonds. The monoisotopic (exact) mass is 240 g/mol. The van der Waals surface area contributed by atoms with Crippen LogP contribution in [0.5, 0.6) is 0 Å². The van der Waals surface area contributed by atoms with E-state index in [0.29, 0.717) is 5.88 Å². The highest BCUT2D eigenvalue weighted by atomic mass is 35.5. The predicted octanol–water partition coefficient (Wildman–Crippen LogP) is 4.48. The van der Waals surface area contributed by atoms with Crippen LogP contribution in [0.1, 0.15) is 36.8 Å². The third-order valence-corrected chi connectivity index (χ3v) is 4.39. The van der Waals surface area contributed by atoms with E-state index in [-0.39, 0.29) is 11.2 Å². The van der Waals surface area contributed by atoms with Crippen molar-refractivity contribution in [3.8, 4) is 0 Å². The van der Waals surface area contributed by atoms with E-state index in [1.165, 1.54) is 37.3 Å². The first-order valence-electron chi connectivity index (χ1n) is 5.96. The zero-order valence-corrected chi connectivity index (χ0v) is 10.5. The van der Waals surface area contributed by atoms with Crippen molar-refractivity contribution in [1.29, 1.82) is 0 Å². The fourth-order valence-electron chi connectivity index (χ4n) is 2.72. The molecule has 0 aliphatic heterocycles. The van der Waals surface area contributed by atoms with Gasteiger partial charge in [0.15, 0.2) is 0 Å². The molecule has 0 unspecified atom stereocenters. The Morgan fingerprint density at radius 2 is 2.00 bits per heavy atom. The van der Waals surface area contributed by atoms with Gasteiger partial charge in [0.1, 0.15) is 5.82 Å². The molecule has 0 bridgehead atoms. The summed E-state index contributed by atoms with van der Waals surface area (Å²) in [7, 11) is 0. The van der Waals surface area contributed by atoms with Gasteiger partial charge in [-0.2, -0.15) is 0 Å². The molecule has 88 valence electrons. The number of aryl methyl sites for hydroxylation is 1. The molecule has 2 rings (SSSR count). The minimum absolute atomic E-state index is 0.136. The highest BCUT2D eigenvalue weighted by Gasteiger charge is 2.33. The fourth-order valence-corrected chi connectivity index (χ4v) is 3.08. The molecule has 0 spiro atoms. The van der Waals surface area contributed by atoms with E-state index in [4.69, 9.17) is 11.6 Å². The number of rotatable bonds is 3. The number of alkyl halides is 1. The largest absolute Gasteiger partial charge is 0.207 e. The molecule has 2 heteroatoms. The molecule has 1 aromatic carbocycles. The van der Waals surface area contributed by atoms with Crippen LogP contribution in [0, 0.1) is 18.2 Å². The van der Waals surface area contributed by atoms with Crippen LogP contribution in [0.4, 0.5) is 4.39 Å². The standard InChI is InChI=1S/C14H18ClF/c1-11-4-5-13(16)8-12(11)9-14(10-15)6-2-3-7-14/h4-5,8H,2-3,6-7,9-10H2,1H3. The lowest BCUT2D eigenvalue weighted by atomic mass is 9.81. The molecule has 0 aromatic heterocycles. The SMILES string of the molecule is Cc1ccc(F)cc1CC1(CCl)CCCC1. The van der Waals surface area contributed by atoms with E-state index >= 15 is 0 Å². The van der Waals surface area contributed by atoms with Gasteiger partial charge in [-0.1, -0.05) is 18.9 Å². The normalized spacial score (nSPS) is 18.9. The number of hydrogen-bond donors (Lipinski definition) is 0. The summed E-state index contributed by atoms with van der Waals surface area (Å²) in [5.74, 6) is 0.562. The van der Waals surface area contributed by atoms with Gasteiger partial charge in [0.25, 0.3) is 0 Å². The summed E-state index contributed by atoms with van der Waals surface area (Å²) < 4.78 is 13.2. The van der Waals surface area contributed by atoms with E-state index < -0.39 is 0 Å². The molecule has 0 radical (unpaired) electrons. The van der Waals surface area contributed by atoms with E-state index in [2.05, 4.69) is 0 Å². The van der Waals surface area contributed by atoms with Crippen LogP contribution in [0.3, 0.4) is 0 Å². The lowest BCUT2D eigenvalue weighted by molar-refractivity contribution is 0.340. The smallest absolute Gasteiger partial charge is 0.123 e. The highest BCUT2D eigenvalue weighted by molar-refractivity contribution is 6.18. The Labute approximate surface area is 102 Å². The lowest BCUT2D eigenvalue weighted by Crippen LogP contribution is -2.22. The zero-order chi connectivity index (χ0) is 11.6. The van der Waals surface area contributed by atoms with Crippen molar-refractivity contribution in [2.24, 2.45) is 5.41 Å². The van der Waals surface area contributed by atoms with Gasteiger partial charge in [0.2, 0.25) is 0 Å². The molecule has 0 saturated heterocycles. The third-order valence-electron chi connectivity index (χ3n) is 3.82.